The van der Waals surface area contributed by atoms with E-state index in [0.29, 0.717) is 22.8 Å². The molecule has 5 nitrogen and oxygen atoms in total. The van der Waals surface area contributed by atoms with Gasteiger partial charge in [-0.25, -0.2) is 9.37 Å². The van der Waals surface area contributed by atoms with Gasteiger partial charge in [0.1, 0.15) is 11.5 Å². The first-order chi connectivity index (χ1) is 10.6. The summed E-state index contributed by atoms with van der Waals surface area (Å²) in [5.74, 6) is 0.263. The zero-order valence-corrected chi connectivity index (χ0v) is 11.9. The van der Waals surface area contributed by atoms with E-state index in [0.717, 1.165) is 16.1 Å². The van der Waals surface area contributed by atoms with E-state index in [2.05, 4.69) is 9.97 Å². The Morgan fingerprint density at radius 3 is 3.00 bits per heavy atom. The van der Waals surface area contributed by atoms with Gasteiger partial charge >= 0.3 is 0 Å². The maximum Gasteiger partial charge on any atom is 0.244 e. The highest BCUT2D eigenvalue weighted by molar-refractivity contribution is 6.11. The average molecular weight is 296 g/mol. The highest BCUT2D eigenvalue weighted by Gasteiger charge is 2.28. The lowest BCUT2D eigenvalue weighted by molar-refractivity contribution is -0.475. The maximum atomic E-state index is 13.8. The number of nitrogens with one attached hydrogen (secondary N) is 1. The summed E-state index contributed by atoms with van der Waals surface area (Å²) in [7, 11) is 0. The molecule has 1 N–H and O–H groups in total. The van der Waals surface area contributed by atoms with Crippen molar-refractivity contribution in [1.82, 2.24) is 14.5 Å². The second kappa shape index (κ2) is 4.56. The van der Waals surface area contributed by atoms with Crippen molar-refractivity contribution in [2.24, 2.45) is 0 Å². The van der Waals surface area contributed by atoms with E-state index < -0.39 is 0 Å². The van der Waals surface area contributed by atoms with E-state index in [9.17, 15) is 9.60 Å². The minimum absolute atomic E-state index is 0.110. The van der Waals surface area contributed by atoms with E-state index in [1.54, 1.807) is 24.5 Å². The fourth-order valence-electron chi connectivity index (χ4n) is 2.92. The van der Waals surface area contributed by atoms with Crippen LogP contribution in [0.5, 0.6) is 0 Å². The minimum atomic E-state index is -0.377. The third kappa shape index (κ3) is 1.77. The number of benzene rings is 1. The van der Waals surface area contributed by atoms with Crippen molar-refractivity contribution in [3.05, 3.63) is 76.5 Å². The summed E-state index contributed by atoms with van der Waals surface area (Å²) < 4.78 is 16.6. The molecule has 6 heteroatoms. The Morgan fingerprint density at radius 2 is 2.23 bits per heavy atom. The molecule has 0 aliphatic carbocycles. The number of hydroxylamine groups is 1. The van der Waals surface area contributed by atoms with Crippen LogP contribution in [0.15, 0.2) is 42.7 Å². The molecule has 0 unspecified atom stereocenters. The molecule has 1 aliphatic rings. The van der Waals surface area contributed by atoms with Gasteiger partial charge in [-0.2, -0.15) is 4.74 Å². The average Bonchev–Trinajstić information content (AvgIpc) is 3.09. The number of hydrogen-bond donors (Lipinski definition) is 1. The van der Waals surface area contributed by atoms with Crippen LogP contribution in [0.3, 0.4) is 0 Å². The molecule has 0 atom stereocenters. The monoisotopic (exact) mass is 296 g/mol. The molecule has 0 fully saturated rings. The third-order valence-electron chi connectivity index (χ3n) is 3.85. The van der Waals surface area contributed by atoms with Crippen LogP contribution in [-0.2, 0) is 6.54 Å². The minimum Gasteiger partial charge on any atom is -0.623 e. The normalized spacial score (nSPS) is 13.7. The van der Waals surface area contributed by atoms with Gasteiger partial charge in [-0.05, 0) is 37.3 Å². The summed E-state index contributed by atoms with van der Waals surface area (Å²) in [5, 5.41) is 12.6. The van der Waals surface area contributed by atoms with Crippen molar-refractivity contribution < 1.29 is 9.13 Å². The molecule has 0 saturated carbocycles. The summed E-state index contributed by atoms with van der Waals surface area (Å²) >= 11 is 0. The number of aryl methyl sites for hydroxylation is 1. The first-order valence-electron chi connectivity index (χ1n) is 6.94. The fraction of sp³-hybridized carbons (Fsp3) is 0.125. The van der Waals surface area contributed by atoms with Crippen molar-refractivity contribution in [2.75, 3.05) is 0 Å². The Balaban J connectivity index is 2.09. The SMILES string of the molecule is Cc1cnc2n1-c1ccc(F)cc1C(c1ccc[nH]1)=[N+]([O-])C2. The Labute approximate surface area is 126 Å². The Bertz CT molecular complexity index is 893. The smallest absolute Gasteiger partial charge is 0.244 e. The predicted octanol–water partition coefficient (Wildman–Crippen LogP) is 2.51. The molecule has 4 rings (SSSR count). The second-order valence-electron chi connectivity index (χ2n) is 5.28. The van der Waals surface area contributed by atoms with E-state index in [1.807, 2.05) is 17.6 Å². The molecule has 1 aliphatic heterocycles. The van der Waals surface area contributed by atoms with E-state index >= 15 is 0 Å². The lowest BCUT2D eigenvalue weighted by Gasteiger charge is -2.10. The first kappa shape index (κ1) is 12.8. The number of fused-ring (bicyclic) bond motifs is 3. The lowest BCUT2D eigenvalue weighted by Crippen LogP contribution is -2.18. The van der Waals surface area contributed by atoms with Crippen LogP contribution in [0.1, 0.15) is 22.8 Å². The van der Waals surface area contributed by atoms with Gasteiger partial charge in [0.05, 0.1) is 11.3 Å². The number of imidazole rings is 1. The molecule has 1 aromatic carbocycles. The molecule has 0 spiro atoms. The number of halogens is 1. The van der Waals surface area contributed by atoms with E-state index in [-0.39, 0.29) is 12.4 Å². The maximum absolute atomic E-state index is 13.8. The van der Waals surface area contributed by atoms with Crippen LogP contribution in [-0.4, -0.2) is 25.0 Å². The second-order valence-corrected chi connectivity index (χ2v) is 5.28. The van der Waals surface area contributed by atoms with E-state index in [1.165, 1.54) is 12.1 Å². The highest BCUT2D eigenvalue weighted by atomic mass is 19.1. The molecule has 3 aromatic rings. The summed E-state index contributed by atoms with van der Waals surface area (Å²) in [4.78, 5) is 7.34. The number of H-pyrrole nitrogens is 1. The van der Waals surface area contributed by atoms with Crippen molar-refractivity contribution >= 4 is 5.71 Å². The largest absolute Gasteiger partial charge is 0.623 e. The zero-order valence-electron chi connectivity index (χ0n) is 11.9. The van der Waals surface area contributed by atoms with Gasteiger partial charge < -0.3 is 10.2 Å². The number of aromatic nitrogens is 3. The molecular weight excluding hydrogens is 283 g/mol. The topological polar surface area (TPSA) is 59.7 Å². The van der Waals surface area contributed by atoms with Crippen LogP contribution in [0.25, 0.3) is 5.69 Å². The summed E-state index contributed by atoms with van der Waals surface area (Å²) in [6, 6.07) is 8.09. The van der Waals surface area contributed by atoms with Gasteiger partial charge in [-0.3, -0.25) is 4.57 Å². The predicted molar refractivity (Wildman–Crippen MR) is 79.6 cm³/mol. The van der Waals surface area contributed by atoms with Gasteiger partial charge in [0.15, 0.2) is 5.82 Å². The van der Waals surface area contributed by atoms with Crippen LogP contribution in [0, 0.1) is 17.9 Å². The van der Waals surface area contributed by atoms with Crippen LogP contribution >= 0.6 is 0 Å². The van der Waals surface area contributed by atoms with Gasteiger partial charge in [0.2, 0.25) is 12.3 Å². The number of aromatic amines is 1. The molecule has 0 saturated heterocycles. The van der Waals surface area contributed by atoms with Gasteiger partial charge in [-0.1, -0.05) is 0 Å². The highest BCUT2D eigenvalue weighted by Crippen LogP contribution is 2.26. The van der Waals surface area contributed by atoms with Crippen molar-refractivity contribution in [3.63, 3.8) is 0 Å². The molecule has 22 heavy (non-hydrogen) atoms. The molecular formula is C16H13FN4O. The molecule has 2 aromatic heterocycles. The summed E-state index contributed by atoms with van der Waals surface area (Å²) in [6.45, 7) is 2.02. The third-order valence-corrected chi connectivity index (χ3v) is 3.85. The van der Waals surface area contributed by atoms with Crippen molar-refractivity contribution in [2.45, 2.75) is 13.5 Å². The Hall–Kier alpha value is -2.89. The first-order valence-corrected chi connectivity index (χ1v) is 6.94. The van der Waals surface area contributed by atoms with Crippen LogP contribution in [0.2, 0.25) is 0 Å². The molecule has 0 amide bonds. The number of nitrogens with zero attached hydrogens (tertiary/aromatic N) is 3. The fourth-order valence-corrected chi connectivity index (χ4v) is 2.92. The van der Waals surface area contributed by atoms with Gasteiger partial charge in [0.25, 0.3) is 0 Å². The molecule has 110 valence electrons. The molecule has 3 heterocycles. The Morgan fingerprint density at radius 1 is 1.36 bits per heavy atom. The van der Waals surface area contributed by atoms with Gasteiger partial charge in [-0.15, -0.1) is 0 Å². The van der Waals surface area contributed by atoms with Crippen molar-refractivity contribution in [1.29, 1.82) is 0 Å². The molecule has 0 radical (unpaired) electrons. The summed E-state index contributed by atoms with van der Waals surface area (Å²) in [5.41, 5.74) is 3.30. The zero-order chi connectivity index (χ0) is 15.3. The van der Waals surface area contributed by atoms with Crippen molar-refractivity contribution in [3.8, 4) is 5.69 Å². The number of hydrogen-bond acceptors (Lipinski definition) is 2. The van der Waals surface area contributed by atoms with Crippen LogP contribution < -0.4 is 0 Å². The number of rotatable bonds is 1. The molecule has 0 bridgehead atoms. The summed E-state index contributed by atoms with van der Waals surface area (Å²) in [6.07, 6.45) is 3.46. The quantitative estimate of drug-likeness (QED) is 0.554. The van der Waals surface area contributed by atoms with Crippen LogP contribution in [0.4, 0.5) is 4.39 Å². The van der Waals surface area contributed by atoms with Gasteiger partial charge in [0, 0.05) is 18.1 Å². The lowest BCUT2D eigenvalue weighted by atomic mass is 10.0. The van der Waals surface area contributed by atoms with E-state index in [4.69, 9.17) is 0 Å². The standard InChI is InChI=1S/C16H13FN4O/c1-10-8-19-15-9-20(22)16(13-3-2-6-18-13)12-7-11(17)4-5-14(12)21(10)15/h2-8,18H,9H2,1H3. The Kier molecular flexibility index (Phi) is 2.66.